The van der Waals surface area contributed by atoms with Gasteiger partial charge in [0, 0.05) is 30.4 Å². The number of halogens is 2. The van der Waals surface area contributed by atoms with Gasteiger partial charge in [0.25, 0.3) is 5.56 Å². The van der Waals surface area contributed by atoms with Gasteiger partial charge in [0.1, 0.15) is 22.9 Å². The second kappa shape index (κ2) is 10.1. The predicted octanol–water partition coefficient (Wildman–Crippen LogP) is 3.97. The number of fused-ring (bicyclic) bond motifs is 1. The molecule has 9 nitrogen and oxygen atoms in total. The van der Waals surface area contributed by atoms with Crippen LogP contribution < -0.4 is 21.3 Å². The van der Waals surface area contributed by atoms with Crippen molar-refractivity contribution in [2.75, 3.05) is 5.32 Å². The summed E-state index contributed by atoms with van der Waals surface area (Å²) in [4.78, 5) is 55.2. The van der Waals surface area contributed by atoms with E-state index in [4.69, 9.17) is 4.74 Å². The molecule has 0 unspecified atom stereocenters. The molecule has 2 aromatic heterocycles. The summed E-state index contributed by atoms with van der Waals surface area (Å²) < 4.78 is 36.1. The fourth-order valence-electron chi connectivity index (χ4n) is 4.27. The highest BCUT2D eigenvalue weighted by molar-refractivity contribution is 5.99. The van der Waals surface area contributed by atoms with Crippen molar-refractivity contribution in [3.63, 3.8) is 0 Å². The number of nitrogens with one attached hydrogen (secondary N) is 1. The number of Topliss-reactive ketones (excluding diaryl/α,β-unsaturated/α-hetero) is 1. The third kappa shape index (κ3) is 4.98. The number of rotatable bonds is 7. The van der Waals surface area contributed by atoms with Crippen LogP contribution in [0.2, 0.25) is 0 Å². The van der Waals surface area contributed by atoms with Gasteiger partial charge in [0.2, 0.25) is 5.91 Å². The maximum atomic E-state index is 15.0. The summed E-state index contributed by atoms with van der Waals surface area (Å²) in [7, 11) is 0. The zero-order chi connectivity index (χ0) is 27.8. The smallest absolute Gasteiger partial charge is 0.335 e. The number of carbonyl (C=O) groups is 2. The molecule has 0 radical (unpaired) electrons. The number of anilines is 1. The topological polar surface area (TPSA) is 112 Å². The van der Waals surface area contributed by atoms with Crippen molar-refractivity contribution < 1.29 is 23.1 Å². The van der Waals surface area contributed by atoms with Crippen LogP contribution in [0, 0.1) is 11.6 Å². The molecule has 4 aromatic rings. The number of hydrogen-bond donors (Lipinski definition) is 1. The Balaban J connectivity index is 1.44. The molecule has 1 N–H and O–H groups in total. The van der Waals surface area contributed by atoms with Gasteiger partial charge >= 0.3 is 5.69 Å². The molecule has 11 heteroatoms. The molecular formula is C28H22F2N4O5. The monoisotopic (exact) mass is 532 g/mol. The van der Waals surface area contributed by atoms with Gasteiger partial charge in [0.05, 0.1) is 12.1 Å². The lowest BCUT2D eigenvalue weighted by atomic mass is 10.0. The molecule has 1 aliphatic rings. The SMILES string of the molecule is CC(C)n1cc(C(=O)Cc2ccc(Oc3ccnc4c3CC(=O)N4)c(F)c2)c(=O)n(-c2ccc(F)cc2)c1=O. The average Bonchev–Trinajstić information content (AvgIpc) is 3.27. The summed E-state index contributed by atoms with van der Waals surface area (Å²) in [6.07, 6.45) is 2.36. The summed E-state index contributed by atoms with van der Waals surface area (Å²) >= 11 is 0. The van der Waals surface area contributed by atoms with Gasteiger partial charge in [-0.2, -0.15) is 0 Å². The minimum atomic E-state index is -0.858. The van der Waals surface area contributed by atoms with E-state index in [1.54, 1.807) is 13.8 Å². The van der Waals surface area contributed by atoms with Crippen LogP contribution in [-0.4, -0.2) is 25.8 Å². The summed E-state index contributed by atoms with van der Waals surface area (Å²) in [5.41, 5.74) is -0.898. The largest absolute Gasteiger partial charge is 0.454 e. The van der Waals surface area contributed by atoms with E-state index < -0.39 is 28.7 Å². The molecule has 198 valence electrons. The van der Waals surface area contributed by atoms with Crippen molar-refractivity contribution >= 4 is 17.5 Å². The van der Waals surface area contributed by atoms with E-state index in [9.17, 15) is 28.0 Å². The Morgan fingerprint density at radius 3 is 2.49 bits per heavy atom. The summed E-state index contributed by atoms with van der Waals surface area (Å²) in [6.45, 7) is 3.43. The van der Waals surface area contributed by atoms with Crippen molar-refractivity contribution in [1.82, 2.24) is 14.1 Å². The molecule has 0 spiro atoms. The van der Waals surface area contributed by atoms with E-state index in [1.807, 2.05) is 0 Å². The number of amides is 1. The van der Waals surface area contributed by atoms with Gasteiger partial charge in [-0.15, -0.1) is 0 Å². The zero-order valence-electron chi connectivity index (χ0n) is 20.9. The average molecular weight is 533 g/mol. The van der Waals surface area contributed by atoms with Crippen LogP contribution in [0.3, 0.4) is 0 Å². The van der Waals surface area contributed by atoms with Crippen LogP contribution in [0.1, 0.15) is 41.4 Å². The first-order valence-electron chi connectivity index (χ1n) is 12.0. The second-order valence-corrected chi connectivity index (χ2v) is 9.27. The highest BCUT2D eigenvalue weighted by Crippen LogP contribution is 2.34. The first-order chi connectivity index (χ1) is 18.6. The van der Waals surface area contributed by atoms with Gasteiger partial charge < -0.3 is 10.1 Å². The quantitative estimate of drug-likeness (QED) is 0.361. The Morgan fingerprint density at radius 2 is 1.79 bits per heavy atom. The third-order valence-corrected chi connectivity index (χ3v) is 6.24. The first-order valence-corrected chi connectivity index (χ1v) is 12.0. The standard InChI is InChI=1S/C28H22F2N4O5/c1-15(2)33-14-20(27(37)34(28(33)38)18-6-4-17(29)5-7-18)22(35)12-16-3-8-24(21(30)11-16)39-23-9-10-31-26-19(23)13-25(36)32-26/h3-11,14-15H,12-13H2,1-2H3,(H,31,32,36). The maximum Gasteiger partial charge on any atom is 0.335 e. The number of carbonyl (C=O) groups excluding carboxylic acids is 2. The van der Waals surface area contributed by atoms with Gasteiger partial charge in [-0.05, 0) is 61.9 Å². The van der Waals surface area contributed by atoms with E-state index in [-0.39, 0.29) is 53.1 Å². The van der Waals surface area contributed by atoms with E-state index >= 15 is 0 Å². The molecule has 2 aromatic carbocycles. The number of nitrogens with zero attached hydrogens (tertiary/aromatic N) is 3. The van der Waals surface area contributed by atoms with Crippen LogP contribution in [0.15, 0.2) is 70.5 Å². The minimum Gasteiger partial charge on any atom is -0.454 e. The van der Waals surface area contributed by atoms with Crippen molar-refractivity contribution in [2.24, 2.45) is 0 Å². The van der Waals surface area contributed by atoms with Crippen LogP contribution >= 0.6 is 0 Å². The predicted molar refractivity (Wildman–Crippen MR) is 138 cm³/mol. The fraction of sp³-hybridized carbons (Fsp3) is 0.179. The lowest BCUT2D eigenvalue weighted by Gasteiger charge is -2.15. The molecule has 1 aliphatic heterocycles. The molecule has 3 heterocycles. The molecule has 0 aliphatic carbocycles. The Morgan fingerprint density at radius 1 is 1.05 bits per heavy atom. The molecule has 39 heavy (non-hydrogen) atoms. The van der Waals surface area contributed by atoms with Gasteiger partial charge in [-0.25, -0.2) is 23.1 Å². The molecule has 5 rings (SSSR count). The molecule has 0 saturated heterocycles. The van der Waals surface area contributed by atoms with Gasteiger partial charge in [0.15, 0.2) is 17.3 Å². The Kier molecular flexibility index (Phi) is 6.65. The maximum absolute atomic E-state index is 15.0. The van der Waals surface area contributed by atoms with E-state index in [0.717, 1.165) is 22.8 Å². The molecule has 0 bridgehead atoms. The summed E-state index contributed by atoms with van der Waals surface area (Å²) in [5.74, 6) is -1.66. The van der Waals surface area contributed by atoms with Gasteiger partial charge in [-0.3, -0.25) is 19.0 Å². The van der Waals surface area contributed by atoms with Crippen LogP contribution in [0.25, 0.3) is 5.69 Å². The Labute approximate surface area is 220 Å². The lowest BCUT2D eigenvalue weighted by Crippen LogP contribution is -2.42. The van der Waals surface area contributed by atoms with Crippen molar-refractivity contribution in [2.45, 2.75) is 32.7 Å². The molecule has 0 fully saturated rings. The van der Waals surface area contributed by atoms with Crippen LogP contribution in [-0.2, 0) is 17.6 Å². The molecule has 0 saturated carbocycles. The second-order valence-electron chi connectivity index (χ2n) is 9.27. The first kappa shape index (κ1) is 25.7. The number of ketones is 1. The highest BCUT2D eigenvalue weighted by atomic mass is 19.1. The zero-order valence-corrected chi connectivity index (χ0v) is 20.9. The van der Waals surface area contributed by atoms with E-state index in [1.165, 1.54) is 47.3 Å². The fourth-order valence-corrected chi connectivity index (χ4v) is 4.27. The third-order valence-electron chi connectivity index (χ3n) is 6.24. The normalized spacial score (nSPS) is 12.4. The Bertz CT molecular complexity index is 1740. The molecule has 1 amide bonds. The van der Waals surface area contributed by atoms with Gasteiger partial charge in [-0.1, -0.05) is 6.07 Å². The minimum absolute atomic E-state index is 0.0562. The Hall–Kier alpha value is -4.93. The van der Waals surface area contributed by atoms with Crippen LogP contribution in [0.5, 0.6) is 11.5 Å². The molecule has 0 atom stereocenters. The van der Waals surface area contributed by atoms with Crippen molar-refractivity contribution in [3.8, 4) is 17.2 Å². The van der Waals surface area contributed by atoms with E-state index in [0.29, 0.717) is 11.4 Å². The number of hydrogen-bond acceptors (Lipinski definition) is 6. The summed E-state index contributed by atoms with van der Waals surface area (Å²) in [5, 5.41) is 2.59. The van der Waals surface area contributed by atoms with E-state index in [2.05, 4.69) is 10.3 Å². The van der Waals surface area contributed by atoms with Crippen molar-refractivity contribution in [3.05, 3.63) is 110 Å². The number of benzene rings is 2. The lowest BCUT2D eigenvalue weighted by molar-refractivity contribution is -0.115. The highest BCUT2D eigenvalue weighted by Gasteiger charge is 2.24. The van der Waals surface area contributed by atoms with Crippen LogP contribution in [0.4, 0.5) is 14.6 Å². The molecular weight excluding hydrogens is 510 g/mol. The number of pyridine rings is 1. The number of ether oxygens (including phenoxy) is 1. The number of aromatic nitrogens is 3. The summed E-state index contributed by atoms with van der Waals surface area (Å²) in [6, 6.07) is 9.85. The van der Waals surface area contributed by atoms with Crippen molar-refractivity contribution in [1.29, 1.82) is 0 Å².